The van der Waals surface area contributed by atoms with Crippen molar-refractivity contribution in [1.82, 2.24) is 0 Å². The van der Waals surface area contributed by atoms with Crippen LogP contribution in [0.3, 0.4) is 0 Å². The van der Waals surface area contributed by atoms with E-state index in [4.69, 9.17) is 0 Å². The molecule has 2 heteroatoms. The van der Waals surface area contributed by atoms with E-state index in [0.29, 0.717) is 6.33 Å². The molecule has 0 unspecified atom stereocenters. The second-order valence-corrected chi connectivity index (χ2v) is 2.66. The minimum atomic E-state index is 0.633. The van der Waals surface area contributed by atoms with Crippen LogP contribution in [0.1, 0.15) is 13.8 Å². The molecular weight excluding hydrogens is 111 g/mol. The van der Waals surface area contributed by atoms with Crippen molar-refractivity contribution >= 4 is 11.8 Å². The second kappa shape index (κ2) is 4.19. The fourth-order valence-electron chi connectivity index (χ4n) is 0.259. The molecule has 0 spiro atoms. The lowest BCUT2D eigenvalue weighted by atomic mass is 10.7. The zero-order chi connectivity index (χ0) is 5.70. The summed E-state index contributed by atoms with van der Waals surface area (Å²) in [7, 11) is 0. The summed E-state index contributed by atoms with van der Waals surface area (Å²) in [6.07, 6.45) is 0.633. The lowest BCUT2D eigenvalue weighted by molar-refractivity contribution is 0.717. The summed E-state index contributed by atoms with van der Waals surface area (Å²) in [6, 6.07) is 0. The summed E-state index contributed by atoms with van der Waals surface area (Å²) in [5.41, 5.74) is 0. The predicted molar refractivity (Wildman–Crippen MR) is 33.0 cm³/mol. The molecule has 0 N–H and O–H groups in total. The Kier molecular flexibility index (Phi) is 4.20. The monoisotopic (exact) mass is 120 g/mol. The number of hydrogen-bond acceptors (Lipinski definition) is 1. The minimum Gasteiger partial charge on any atom is -0.215 e. The summed E-state index contributed by atoms with van der Waals surface area (Å²) in [6.45, 7) is 3.76. The van der Waals surface area contributed by atoms with Crippen molar-refractivity contribution < 1.29 is 4.39 Å². The molecule has 0 aromatic carbocycles. The Labute approximate surface area is 47.8 Å². The molecule has 0 amide bonds. The molecule has 0 rings (SSSR count). The van der Waals surface area contributed by atoms with Crippen LogP contribution in [0.2, 0.25) is 0 Å². The molecule has 0 saturated heterocycles. The standard InChI is InChI=1S/C5H9FS/c1-3-7-5(2)4-6/h4H,3H2,1-2H3/b5-4-. The number of hydrogen-bond donors (Lipinski definition) is 0. The first-order valence-electron chi connectivity index (χ1n) is 2.21. The topological polar surface area (TPSA) is 0 Å². The van der Waals surface area contributed by atoms with Gasteiger partial charge in [0.25, 0.3) is 0 Å². The molecule has 0 aliphatic carbocycles. The van der Waals surface area contributed by atoms with Gasteiger partial charge in [-0.05, 0) is 12.7 Å². The average Bonchev–Trinajstić information content (AvgIpc) is 1.68. The van der Waals surface area contributed by atoms with E-state index in [-0.39, 0.29) is 0 Å². The van der Waals surface area contributed by atoms with Gasteiger partial charge in [-0.25, -0.2) is 4.39 Å². The smallest absolute Gasteiger partial charge is 0.0958 e. The van der Waals surface area contributed by atoms with Crippen LogP contribution >= 0.6 is 11.8 Å². The van der Waals surface area contributed by atoms with E-state index in [1.165, 1.54) is 11.8 Å². The van der Waals surface area contributed by atoms with Gasteiger partial charge >= 0.3 is 0 Å². The number of thioether (sulfide) groups is 1. The first kappa shape index (κ1) is 7.02. The van der Waals surface area contributed by atoms with Crippen LogP contribution in [0.4, 0.5) is 4.39 Å². The Morgan fingerprint density at radius 3 is 2.57 bits per heavy atom. The minimum absolute atomic E-state index is 0.633. The first-order valence-corrected chi connectivity index (χ1v) is 3.19. The van der Waals surface area contributed by atoms with Gasteiger partial charge in [-0.2, -0.15) is 0 Å². The summed E-state index contributed by atoms with van der Waals surface area (Å²) in [5, 5.41) is 0. The largest absolute Gasteiger partial charge is 0.215 e. The second-order valence-electron chi connectivity index (χ2n) is 1.15. The highest BCUT2D eigenvalue weighted by molar-refractivity contribution is 8.02. The molecule has 0 fully saturated rings. The lowest BCUT2D eigenvalue weighted by Crippen LogP contribution is -1.64. The third-order valence-corrected chi connectivity index (χ3v) is 1.36. The maximum atomic E-state index is 11.4. The molecule has 0 atom stereocenters. The zero-order valence-electron chi connectivity index (χ0n) is 4.57. The fourth-order valence-corrected chi connectivity index (χ4v) is 0.778. The molecule has 0 aromatic rings. The van der Waals surface area contributed by atoms with Crippen LogP contribution in [-0.2, 0) is 0 Å². The van der Waals surface area contributed by atoms with Crippen molar-refractivity contribution in [1.29, 1.82) is 0 Å². The van der Waals surface area contributed by atoms with E-state index < -0.39 is 0 Å². The molecule has 0 aromatic heterocycles. The molecular formula is C5H9FS. The summed E-state index contributed by atoms with van der Waals surface area (Å²) >= 11 is 1.52. The van der Waals surface area contributed by atoms with E-state index in [0.717, 1.165) is 10.7 Å². The van der Waals surface area contributed by atoms with Crippen molar-refractivity contribution in [3.8, 4) is 0 Å². The summed E-state index contributed by atoms with van der Waals surface area (Å²) < 4.78 is 11.4. The predicted octanol–water partition coefficient (Wildman–Crippen LogP) is 2.57. The van der Waals surface area contributed by atoms with Gasteiger partial charge in [0, 0.05) is 4.91 Å². The molecule has 0 nitrogen and oxygen atoms in total. The Morgan fingerprint density at radius 2 is 2.43 bits per heavy atom. The normalized spacial score (nSPS) is 12.1. The molecule has 42 valence electrons. The summed E-state index contributed by atoms with van der Waals surface area (Å²) in [5.74, 6) is 0.951. The van der Waals surface area contributed by atoms with Gasteiger partial charge in [0.2, 0.25) is 0 Å². The van der Waals surface area contributed by atoms with Crippen molar-refractivity contribution in [3.05, 3.63) is 11.2 Å². The average molecular weight is 120 g/mol. The molecule has 7 heavy (non-hydrogen) atoms. The highest BCUT2D eigenvalue weighted by Crippen LogP contribution is 2.12. The molecule has 0 radical (unpaired) electrons. The lowest BCUT2D eigenvalue weighted by Gasteiger charge is -1.88. The van der Waals surface area contributed by atoms with E-state index in [1.807, 2.05) is 6.92 Å². The molecule has 0 aliphatic rings. The third-order valence-electron chi connectivity index (χ3n) is 0.526. The van der Waals surface area contributed by atoms with Crippen LogP contribution in [0, 0.1) is 0 Å². The third kappa shape index (κ3) is 3.86. The number of halogens is 1. The Hall–Kier alpha value is 0.0200. The SMILES string of the molecule is CCS/C(C)=C\F. The van der Waals surface area contributed by atoms with Crippen molar-refractivity contribution in [2.45, 2.75) is 13.8 Å². The van der Waals surface area contributed by atoms with Gasteiger partial charge in [0.15, 0.2) is 0 Å². The van der Waals surface area contributed by atoms with Crippen molar-refractivity contribution in [2.75, 3.05) is 5.75 Å². The van der Waals surface area contributed by atoms with E-state index in [9.17, 15) is 4.39 Å². The molecule has 0 heterocycles. The van der Waals surface area contributed by atoms with Gasteiger partial charge in [-0.3, -0.25) is 0 Å². The van der Waals surface area contributed by atoms with Gasteiger partial charge in [0.1, 0.15) is 0 Å². The summed E-state index contributed by atoms with van der Waals surface area (Å²) in [4.78, 5) is 0.752. The van der Waals surface area contributed by atoms with Crippen LogP contribution < -0.4 is 0 Å². The van der Waals surface area contributed by atoms with Crippen LogP contribution in [-0.4, -0.2) is 5.75 Å². The number of allylic oxidation sites excluding steroid dienone is 1. The van der Waals surface area contributed by atoms with Gasteiger partial charge in [-0.15, -0.1) is 11.8 Å². The van der Waals surface area contributed by atoms with Crippen LogP contribution in [0.25, 0.3) is 0 Å². The van der Waals surface area contributed by atoms with Gasteiger partial charge < -0.3 is 0 Å². The highest BCUT2D eigenvalue weighted by Gasteiger charge is 1.82. The zero-order valence-corrected chi connectivity index (χ0v) is 5.39. The van der Waals surface area contributed by atoms with Crippen LogP contribution in [0.15, 0.2) is 11.2 Å². The maximum absolute atomic E-state index is 11.4. The Balaban J connectivity index is 3.17. The van der Waals surface area contributed by atoms with Crippen molar-refractivity contribution in [3.63, 3.8) is 0 Å². The molecule has 0 bridgehead atoms. The van der Waals surface area contributed by atoms with Crippen molar-refractivity contribution in [2.24, 2.45) is 0 Å². The highest BCUT2D eigenvalue weighted by atomic mass is 32.2. The fraction of sp³-hybridized carbons (Fsp3) is 0.600. The maximum Gasteiger partial charge on any atom is 0.0958 e. The first-order chi connectivity index (χ1) is 3.31. The van der Waals surface area contributed by atoms with Crippen LogP contribution in [0.5, 0.6) is 0 Å². The Morgan fingerprint density at radius 1 is 1.86 bits per heavy atom. The Bertz CT molecular complexity index is 68.5. The van der Waals surface area contributed by atoms with Gasteiger partial charge in [0.05, 0.1) is 6.33 Å². The molecule has 0 aliphatic heterocycles. The van der Waals surface area contributed by atoms with Gasteiger partial charge in [-0.1, -0.05) is 6.92 Å². The van der Waals surface area contributed by atoms with E-state index in [2.05, 4.69) is 0 Å². The van der Waals surface area contributed by atoms with E-state index in [1.54, 1.807) is 6.92 Å². The molecule has 0 saturated carbocycles. The van der Waals surface area contributed by atoms with E-state index >= 15 is 0 Å². The number of rotatable bonds is 2. The quantitative estimate of drug-likeness (QED) is 0.539.